The van der Waals surface area contributed by atoms with E-state index in [0.717, 1.165) is 6.54 Å². The number of likely N-dealkylation sites (tertiary alicyclic amines) is 1. The van der Waals surface area contributed by atoms with Crippen LogP contribution in [0.3, 0.4) is 0 Å². The number of benzene rings is 1. The van der Waals surface area contributed by atoms with E-state index in [1.54, 1.807) is 21.0 Å². The van der Waals surface area contributed by atoms with Crippen LogP contribution in [0.4, 0.5) is 0 Å². The summed E-state index contributed by atoms with van der Waals surface area (Å²) in [6.45, 7) is 3.41. The molecule has 1 fully saturated rings. The standard InChI is InChI=1S/C17H26N4O2/c1-12(17(23)20(2)3)19-16(22)11-21-9-14(15(18)10-21)13-7-5-4-6-8-13/h4-8,12,14-15H,9-11,18H2,1-3H3,(H,19,22)/t12?,14-,15+/m0/s1. The zero-order chi connectivity index (χ0) is 17.0. The van der Waals surface area contributed by atoms with Crippen LogP contribution in [0.5, 0.6) is 0 Å². The molecule has 6 heteroatoms. The highest BCUT2D eigenvalue weighted by Crippen LogP contribution is 2.25. The molecule has 1 aliphatic rings. The predicted octanol–water partition coefficient (Wildman–Crippen LogP) is 0.00600. The first-order chi connectivity index (χ1) is 10.9. The van der Waals surface area contributed by atoms with Gasteiger partial charge in [-0.1, -0.05) is 30.3 Å². The van der Waals surface area contributed by atoms with Gasteiger partial charge in [-0.3, -0.25) is 14.5 Å². The fourth-order valence-corrected chi connectivity index (χ4v) is 3.03. The summed E-state index contributed by atoms with van der Waals surface area (Å²) in [7, 11) is 3.35. The minimum Gasteiger partial charge on any atom is -0.347 e. The molecule has 3 N–H and O–H groups in total. The van der Waals surface area contributed by atoms with Crippen molar-refractivity contribution in [3.05, 3.63) is 35.9 Å². The van der Waals surface area contributed by atoms with Gasteiger partial charge < -0.3 is 16.0 Å². The quantitative estimate of drug-likeness (QED) is 0.801. The van der Waals surface area contributed by atoms with Crippen molar-refractivity contribution in [1.29, 1.82) is 0 Å². The van der Waals surface area contributed by atoms with Crippen LogP contribution in [0.25, 0.3) is 0 Å². The van der Waals surface area contributed by atoms with Crippen molar-refractivity contribution < 1.29 is 9.59 Å². The lowest BCUT2D eigenvalue weighted by Gasteiger charge is -2.20. The minimum absolute atomic E-state index is 0.0195. The lowest BCUT2D eigenvalue weighted by Crippen LogP contribution is -2.47. The monoisotopic (exact) mass is 318 g/mol. The van der Waals surface area contributed by atoms with E-state index in [-0.39, 0.29) is 30.3 Å². The van der Waals surface area contributed by atoms with E-state index in [1.165, 1.54) is 10.5 Å². The summed E-state index contributed by atoms with van der Waals surface area (Å²) < 4.78 is 0. The second kappa shape index (κ2) is 7.57. The molecule has 0 bridgehead atoms. The molecule has 1 aromatic rings. The van der Waals surface area contributed by atoms with Gasteiger partial charge in [-0.25, -0.2) is 0 Å². The lowest BCUT2D eigenvalue weighted by molar-refractivity contribution is -0.134. The molecule has 1 aromatic carbocycles. The smallest absolute Gasteiger partial charge is 0.244 e. The SMILES string of the molecule is CC(NC(=O)CN1C[C@@H](N)[C@H](c2ccccc2)C1)C(=O)N(C)C. The fourth-order valence-electron chi connectivity index (χ4n) is 3.03. The van der Waals surface area contributed by atoms with Crippen LogP contribution in [-0.4, -0.2) is 67.4 Å². The van der Waals surface area contributed by atoms with E-state index in [4.69, 9.17) is 5.73 Å². The van der Waals surface area contributed by atoms with E-state index < -0.39 is 6.04 Å². The third-order valence-electron chi connectivity index (χ3n) is 4.22. The van der Waals surface area contributed by atoms with E-state index in [2.05, 4.69) is 17.4 Å². The highest BCUT2D eigenvalue weighted by molar-refractivity contribution is 5.87. The third-order valence-corrected chi connectivity index (χ3v) is 4.22. The maximum Gasteiger partial charge on any atom is 0.244 e. The lowest BCUT2D eigenvalue weighted by atomic mass is 9.95. The molecular formula is C17H26N4O2. The molecule has 2 rings (SSSR count). The van der Waals surface area contributed by atoms with Gasteiger partial charge in [0.05, 0.1) is 6.54 Å². The first-order valence-corrected chi connectivity index (χ1v) is 7.92. The molecule has 1 aliphatic heterocycles. The van der Waals surface area contributed by atoms with Crippen molar-refractivity contribution in [2.45, 2.75) is 24.9 Å². The molecule has 1 unspecified atom stereocenters. The van der Waals surface area contributed by atoms with Gasteiger partial charge in [-0.2, -0.15) is 0 Å². The van der Waals surface area contributed by atoms with Gasteiger partial charge in [0, 0.05) is 39.1 Å². The molecule has 6 nitrogen and oxygen atoms in total. The molecule has 0 radical (unpaired) electrons. The molecule has 1 heterocycles. The molecule has 0 spiro atoms. The van der Waals surface area contributed by atoms with Crippen LogP contribution in [0.2, 0.25) is 0 Å². The number of carbonyl (C=O) groups is 2. The summed E-state index contributed by atoms with van der Waals surface area (Å²) in [6.07, 6.45) is 0. The Morgan fingerprint density at radius 1 is 1.30 bits per heavy atom. The number of nitrogens with zero attached hydrogens (tertiary/aromatic N) is 2. The molecule has 3 atom stereocenters. The Bertz CT molecular complexity index is 547. The number of nitrogens with two attached hydrogens (primary N) is 1. The summed E-state index contributed by atoms with van der Waals surface area (Å²) in [4.78, 5) is 27.4. The van der Waals surface area contributed by atoms with Crippen LogP contribution in [0.1, 0.15) is 18.4 Å². The van der Waals surface area contributed by atoms with Gasteiger partial charge >= 0.3 is 0 Å². The Hall–Kier alpha value is -1.92. The average molecular weight is 318 g/mol. The Morgan fingerprint density at radius 2 is 1.96 bits per heavy atom. The van der Waals surface area contributed by atoms with Crippen LogP contribution >= 0.6 is 0 Å². The highest BCUT2D eigenvalue weighted by Gasteiger charge is 2.32. The van der Waals surface area contributed by atoms with E-state index in [0.29, 0.717) is 6.54 Å². The number of nitrogens with one attached hydrogen (secondary N) is 1. The maximum absolute atomic E-state index is 12.1. The second-order valence-corrected chi connectivity index (χ2v) is 6.40. The van der Waals surface area contributed by atoms with E-state index in [9.17, 15) is 9.59 Å². The van der Waals surface area contributed by atoms with Gasteiger partial charge in [0.15, 0.2) is 0 Å². The topological polar surface area (TPSA) is 78.7 Å². The number of hydrogen-bond donors (Lipinski definition) is 2. The van der Waals surface area contributed by atoms with Gasteiger partial charge in [0.2, 0.25) is 11.8 Å². The number of hydrogen-bond acceptors (Lipinski definition) is 4. The molecule has 0 saturated carbocycles. The Morgan fingerprint density at radius 3 is 2.57 bits per heavy atom. The first-order valence-electron chi connectivity index (χ1n) is 7.92. The van der Waals surface area contributed by atoms with Crippen molar-refractivity contribution in [3.63, 3.8) is 0 Å². The zero-order valence-electron chi connectivity index (χ0n) is 14.0. The van der Waals surface area contributed by atoms with Crippen molar-refractivity contribution >= 4 is 11.8 Å². The fraction of sp³-hybridized carbons (Fsp3) is 0.529. The van der Waals surface area contributed by atoms with Crippen molar-refractivity contribution in [2.24, 2.45) is 5.73 Å². The molecule has 23 heavy (non-hydrogen) atoms. The molecule has 0 aromatic heterocycles. The maximum atomic E-state index is 12.1. The Labute approximate surface area is 137 Å². The summed E-state index contributed by atoms with van der Waals surface area (Å²) in [6, 6.07) is 9.65. The predicted molar refractivity (Wildman–Crippen MR) is 89.9 cm³/mol. The molecule has 1 saturated heterocycles. The van der Waals surface area contributed by atoms with Crippen molar-refractivity contribution in [3.8, 4) is 0 Å². The first kappa shape index (κ1) is 17.4. The summed E-state index contributed by atoms with van der Waals surface area (Å²) in [5, 5.41) is 2.74. The van der Waals surface area contributed by atoms with Gasteiger partial charge in [-0.05, 0) is 12.5 Å². The number of likely N-dealkylation sites (N-methyl/N-ethyl adjacent to an activating group) is 1. The van der Waals surface area contributed by atoms with Crippen molar-refractivity contribution in [2.75, 3.05) is 33.7 Å². The normalized spacial score (nSPS) is 22.6. The Kier molecular flexibility index (Phi) is 5.74. The zero-order valence-corrected chi connectivity index (χ0v) is 14.0. The van der Waals surface area contributed by atoms with Crippen LogP contribution < -0.4 is 11.1 Å². The van der Waals surface area contributed by atoms with E-state index >= 15 is 0 Å². The summed E-state index contributed by atoms with van der Waals surface area (Å²) in [5.41, 5.74) is 7.44. The molecule has 0 aliphatic carbocycles. The van der Waals surface area contributed by atoms with Gasteiger partial charge in [-0.15, -0.1) is 0 Å². The number of carbonyl (C=O) groups excluding carboxylic acids is 2. The largest absolute Gasteiger partial charge is 0.347 e. The van der Waals surface area contributed by atoms with Gasteiger partial charge in [0.25, 0.3) is 0 Å². The van der Waals surface area contributed by atoms with Crippen LogP contribution in [-0.2, 0) is 9.59 Å². The minimum atomic E-state index is -0.515. The molecule has 2 amide bonds. The highest BCUT2D eigenvalue weighted by atomic mass is 16.2. The van der Waals surface area contributed by atoms with Crippen LogP contribution in [0.15, 0.2) is 30.3 Å². The Balaban J connectivity index is 1.87. The van der Waals surface area contributed by atoms with Gasteiger partial charge in [0.1, 0.15) is 6.04 Å². The molecule has 126 valence electrons. The second-order valence-electron chi connectivity index (χ2n) is 6.40. The van der Waals surface area contributed by atoms with E-state index in [1.807, 2.05) is 23.1 Å². The number of amides is 2. The average Bonchev–Trinajstić information content (AvgIpc) is 2.87. The number of rotatable bonds is 5. The summed E-state index contributed by atoms with van der Waals surface area (Å²) in [5.74, 6) is -0.0166. The van der Waals surface area contributed by atoms with Crippen LogP contribution in [0, 0.1) is 0 Å². The summed E-state index contributed by atoms with van der Waals surface area (Å²) >= 11 is 0. The van der Waals surface area contributed by atoms with Crippen molar-refractivity contribution in [1.82, 2.24) is 15.1 Å². The molecular weight excluding hydrogens is 292 g/mol. The third kappa shape index (κ3) is 4.53.